The summed E-state index contributed by atoms with van der Waals surface area (Å²) in [6, 6.07) is 13.2. The van der Waals surface area contributed by atoms with E-state index in [0.29, 0.717) is 19.6 Å². The summed E-state index contributed by atoms with van der Waals surface area (Å²) in [5.74, 6) is 0.916. The average Bonchev–Trinajstić information content (AvgIpc) is 3.14. The largest absolute Gasteiger partial charge is 0.459 e. The van der Waals surface area contributed by atoms with Gasteiger partial charge in [0.2, 0.25) is 0 Å². The third kappa shape index (κ3) is 6.78. The predicted octanol–water partition coefficient (Wildman–Crippen LogP) is 2.49. The van der Waals surface area contributed by atoms with E-state index in [-0.39, 0.29) is 17.7 Å². The predicted molar refractivity (Wildman–Crippen MR) is 94.2 cm³/mol. The Bertz CT molecular complexity index is 617. The molecule has 2 rings (SSSR count). The lowest BCUT2D eigenvalue weighted by molar-refractivity contribution is 0.0926. The van der Waals surface area contributed by atoms with Crippen LogP contribution < -0.4 is 16.0 Å². The molecule has 0 aliphatic rings. The number of hydrogen-bond acceptors (Lipinski definition) is 4. The smallest absolute Gasteiger partial charge is 0.314 e. The Morgan fingerprint density at radius 2 is 1.67 bits per heavy atom. The highest BCUT2D eigenvalue weighted by atomic mass is 32.2. The van der Waals surface area contributed by atoms with Crippen LogP contribution in [0.25, 0.3) is 0 Å². The molecule has 6 nitrogen and oxygen atoms in total. The van der Waals surface area contributed by atoms with Crippen molar-refractivity contribution in [2.24, 2.45) is 0 Å². The molecular weight excluding hydrogens is 326 g/mol. The van der Waals surface area contributed by atoms with E-state index in [4.69, 9.17) is 4.42 Å². The second-order valence-corrected chi connectivity index (χ2v) is 6.10. The summed E-state index contributed by atoms with van der Waals surface area (Å²) in [6.07, 6.45) is 2.33. The fourth-order valence-corrected chi connectivity index (χ4v) is 2.76. The van der Waals surface area contributed by atoms with E-state index in [1.54, 1.807) is 23.9 Å². The number of nitrogens with one attached hydrogen (secondary N) is 3. The van der Waals surface area contributed by atoms with Crippen LogP contribution in [0.4, 0.5) is 4.79 Å². The van der Waals surface area contributed by atoms with Gasteiger partial charge in [0.15, 0.2) is 5.76 Å². The van der Waals surface area contributed by atoms with Crippen molar-refractivity contribution in [3.63, 3.8) is 0 Å². The first-order chi connectivity index (χ1) is 11.8. The molecule has 7 heteroatoms. The van der Waals surface area contributed by atoms with Gasteiger partial charge in [-0.2, -0.15) is 0 Å². The summed E-state index contributed by atoms with van der Waals surface area (Å²) < 4.78 is 4.97. The number of benzene rings is 1. The lowest BCUT2D eigenvalue weighted by Crippen LogP contribution is -2.40. The summed E-state index contributed by atoms with van der Waals surface area (Å²) in [4.78, 5) is 24.4. The third-order valence-electron chi connectivity index (χ3n) is 3.06. The number of rotatable bonds is 9. The quantitative estimate of drug-likeness (QED) is 0.481. The summed E-state index contributed by atoms with van der Waals surface area (Å²) in [5, 5.41) is 8.14. The molecule has 0 fully saturated rings. The molecule has 0 unspecified atom stereocenters. The van der Waals surface area contributed by atoms with Crippen LogP contribution in [0.5, 0.6) is 0 Å². The molecule has 0 bridgehead atoms. The fourth-order valence-electron chi connectivity index (χ4n) is 1.89. The van der Waals surface area contributed by atoms with Gasteiger partial charge in [-0.3, -0.25) is 4.79 Å². The topological polar surface area (TPSA) is 83.4 Å². The van der Waals surface area contributed by atoms with Crippen molar-refractivity contribution in [3.8, 4) is 0 Å². The Kier molecular flexibility index (Phi) is 7.76. The maximum absolute atomic E-state index is 11.6. The highest BCUT2D eigenvalue weighted by Gasteiger charge is 2.07. The minimum Gasteiger partial charge on any atom is -0.459 e. The zero-order valence-corrected chi connectivity index (χ0v) is 14.1. The van der Waals surface area contributed by atoms with Crippen molar-refractivity contribution in [3.05, 3.63) is 54.5 Å². The first-order valence-electron chi connectivity index (χ1n) is 7.77. The molecule has 128 valence electrons. The summed E-state index contributed by atoms with van der Waals surface area (Å²) >= 11 is 1.77. The van der Waals surface area contributed by atoms with E-state index >= 15 is 0 Å². The lowest BCUT2D eigenvalue weighted by Gasteiger charge is -2.08. The third-order valence-corrected chi connectivity index (χ3v) is 4.16. The Morgan fingerprint density at radius 3 is 2.42 bits per heavy atom. The first-order valence-corrected chi connectivity index (χ1v) is 8.75. The number of urea groups is 1. The van der Waals surface area contributed by atoms with Crippen molar-refractivity contribution in [2.45, 2.75) is 11.3 Å². The minimum atomic E-state index is -0.292. The number of thioether (sulfide) groups is 1. The molecule has 1 aromatic heterocycles. The highest BCUT2D eigenvalue weighted by molar-refractivity contribution is 7.99. The van der Waals surface area contributed by atoms with Crippen molar-refractivity contribution < 1.29 is 14.0 Å². The maximum Gasteiger partial charge on any atom is 0.314 e. The number of carbonyl (C=O) groups excluding carboxylic acids is 2. The van der Waals surface area contributed by atoms with Gasteiger partial charge in [0.1, 0.15) is 0 Å². The Balaban J connectivity index is 1.46. The van der Waals surface area contributed by atoms with Gasteiger partial charge in [0.25, 0.3) is 5.91 Å². The molecule has 3 N–H and O–H groups in total. The van der Waals surface area contributed by atoms with Crippen LogP contribution in [0, 0.1) is 0 Å². The average molecular weight is 347 g/mol. The van der Waals surface area contributed by atoms with Crippen LogP contribution in [0.3, 0.4) is 0 Å². The van der Waals surface area contributed by atoms with Gasteiger partial charge >= 0.3 is 6.03 Å². The molecule has 24 heavy (non-hydrogen) atoms. The fraction of sp³-hybridized carbons (Fsp3) is 0.294. The van der Waals surface area contributed by atoms with E-state index < -0.39 is 0 Å². The van der Waals surface area contributed by atoms with Gasteiger partial charge in [-0.05, 0) is 36.4 Å². The minimum absolute atomic E-state index is 0.230. The van der Waals surface area contributed by atoms with Crippen LogP contribution in [0.1, 0.15) is 17.0 Å². The molecule has 1 aromatic carbocycles. The summed E-state index contributed by atoms with van der Waals surface area (Å²) in [7, 11) is 0. The highest BCUT2D eigenvalue weighted by Crippen LogP contribution is 2.17. The Labute approximate surface area is 145 Å². The van der Waals surface area contributed by atoms with Gasteiger partial charge < -0.3 is 20.4 Å². The van der Waals surface area contributed by atoms with Gasteiger partial charge in [0, 0.05) is 24.5 Å². The van der Waals surface area contributed by atoms with E-state index in [2.05, 4.69) is 28.1 Å². The number of furan rings is 1. The standard InChI is InChI=1S/C17H21N3O3S/c21-16(15-8-4-12-23-15)18-10-11-20-17(22)19-9-5-13-24-14-6-2-1-3-7-14/h1-4,6-8,12H,5,9-11,13H2,(H,18,21)(H2,19,20,22). The van der Waals surface area contributed by atoms with Crippen LogP contribution in [-0.4, -0.2) is 37.3 Å². The molecule has 0 saturated carbocycles. The molecule has 3 amide bonds. The van der Waals surface area contributed by atoms with Gasteiger partial charge in [0.05, 0.1) is 6.26 Å². The van der Waals surface area contributed by atoms with Gasteiger partial charge in [-0.1, -0.05) is 18.2 Å². The first kappa shape index (κ1) is 17.9. The molecule has 2 aromatic rings. The molecule has 0 spiro atoms. The van der Waals surface area contributed by atoms with Crippen LogP contribution in [-0.2, 0) is 0 Å². The zero-order chi connectivity index (χ0) is 17.0. The Hall–Kier alpha value is -2.41. The molecular formula is C17H21N3O3S. The number of carbonyl (C=O) groups is 2. The van der Waals surface area contributed by atoms with Crippen LogP contribution >= 0.6 is 11.8 Å². The van der Waals surface area contributed by atoms with Crippen molar-refractivity contribution >= 4 is 23.7 Å². The molecule has 0 atom stereocenters. The van der Waals surface area contributed by atoms with Crippen molar-refractivity contribution in [1.29, 1.82) is 0 Å². The zero-order valence-electron chi connectivity index (χ0n) is 13.3. The van der Waals surface area contributed by atoms with Crippen molar-refractivity contribution in [2.75, 3.05) is 25.4 Å². The lowest BCUT2D eigenvalue weighted by atomic mass is 10.4. The van der Waals surface area contributed by atoms with Crippen LogP contribution in [0.2, 0.25) is 0 Å². The van der Waals surface area contributed by atoms with Gasteiger partial charge in [-0.25, -0.2) is 4.79 Å². The summed E-state index contributed by atoms with van der Waals surface area (Å²) in [5.41, 5.74) is 0. The second-order valence-electron chi connectivity index (χ2n) is 4.93. The summed E-state index contributed by atoms with van der Waals surface area (Å²) in [6.45, 7) is 1.32. The number of amides is 3. The SMILES string of the molecule is O=C(NCCCSc1ccccc1)NCCNC(=O)c1ccco1. The number of hydrogen-bond donors (Lipinski definition) is 3. The van der Waals surface area contributed by atoms with E-state index in [0.717, 1.165) is 12.2 Å². The van der Waals surface area contributed by atoms with E-state index in [1.807, 2.05) is 18.2 Å². The normalized spacial score (nSPS) is 10.2. The van der Waals surface area contributed by atoms with Crippen LogP contribution in [0.15, 0.2) is 58.0 Å². The van der Waals surface area contributed by atoms with Crippen molar-refractivity contribution in [1.82, 2.24) is 16.0 Å². The molecule has 0 aliphatic heterocycles. The molecule has 0 aliphatic carbocycles. The van der Waals surface area contributed by atoms with E-state index in [9.17, 15) is 9.59 Å². The maximum atomic E-state index is 11.6. The Morgan fingerprint density at radius 1 is 0.917 bits per heavy atom. The molecule has 0 radical (unpaired) electrons. The van der Waals surface area contributed by atoms with Gasteiger partial charge in [-0.15, -0.1) is 11.8 Å². The molecule has 1 heterocycles. The second kappa shape index (κ2) is 10.4. The van der Waals surface area contributed by atoms with E-state index in [1.165, 1.54) is 11.2 Å². The monoisotopic (exact) mass is 347 g/mol. The molecule has 0 saturated heterocycles.